The third-order valence-electron chi connectivity index (χ3n) is 4.68. The largest absolute Gasteiger partial charge is 0.464 e. The summed E-state index contributed by atoms with van der Waals surface area (Å²) < 4.78 is 28.1. The van der Waals surface area contributed by atoms with Gasteiger partial charge in [0.15, 0.2) is 0 Å². The van der Waals surface area contributed by atoms with E-state index in [2.05, 4.69) is 25.2 Å². The maximum atomic E-state index is 12.3. The summed E-state index contributed by atoms with van der Waals surface area (Å²) in [5.41, 5.74) is 3.77. The Labute approximate surface area is 164 Å². The third kappa shape index (κ3) is 4.79. The Morgan fingerprint density at radius 1 is 1.14 bits per heavy atom. The van der Waals surface area contributed by atoms with Crippen LogP contribution in [0.4, 0.5) is 0 Å². The number of carbonyl (C=O) groups excluding carboxylic acids is 1. The van der Waals surface area contributed by atoms with Crippen LogP contribution in [-0.2, 0) is 27.7 Å². The molecule has 1 heterocycles. The summed E-state index contributed by atoms with van der Waals surface area (Å²) in [5.74, 6) is 0.320. The molecular weight excluding hydrogens is 376 g/mol. The van der Waals surface area contributed by atoms with E-state index < -0.39 is 10.0 Å². The molecule has 28 heavy (non-hydrogen) atoms. The highest BCUT2D eigenvalue weighted by Gasteiger charge is 2.12. The van der Waals surface area contributed by atoms with E-state index in [1.807, 2.05) is 12.1 Å². The van der Waals surface area contributed by atoms with Crippen LogP contribution in [0.2, 0.25) is 0 Å². The molecule has 1 amide bonds. The standard InChI is InChI=1S/C21H24N2O4S/c1-14(2)16-5-8-20-19(11-16)17(13-27-20)12-21(24)23-10-9-15-3-6-18(7-4-15)28(22,25)26/h3-8,11,13-14H,9-10,12H2,1-2H3,(H,23,24)(H2,22,25,26). The first-order valence-corrected chi connectivity index (χ1v) is 10.7. The van der Waals surface area contributed by atoms with Crippen LogP contribution in [-0.4, -0.2) is 20.9 Å². The van der Waals surface area contributed by atoms with Gasteiger partial charge in [-0.1, -0.05) is 32.0 Å². The Morgan fingerprint density at radius 3 is 2.50 bits per heavy atom. The first-order valence-electron chi connectivity index (χ1n) is 9.12. The van der Waals surface area contributed by atoms with Gasteiger partial charge in [0.25, 0.3) is 0 Å². The zero-order valence-electron chi connectivity index (χ0n) is 15.9. The summed E-state index contributed by atoms with van der Waals surface area (Å²) in [6.45, 7) is 4.72. The molecule has 0 aliphatic rings. The zero-order chi connectivity index (χ0) is 20.3. The Balaban J connectivity index is 1.57. The van der Waals surface area contributed by atoms with E-state index >= 15 is 0 Å². The molecule has 0 spiro atoms. The van der Waals surface area contributed by atoms with Crippen molar-refractivity contribution in [2.75, 3.05) is 6.54 Å². The second-order valence-electron chi connectivity index (χ2n) is 7.14. The van der Waals surface area contributed by atoms with Gasteiger partial charge in [0, 0.05) is 17.5 Å². The molecule has 3 rings (SSSR count). The van der Waals surface area contributed by atoms with Crippen LogP contribution in [0.15, 0.2) is 58.0 Å². The molecule has 0 saturated carbocycles. The molecule has 0 bridgehead atoms. The fourth-order valence-electron chi connectivity index (χ4n) is 3.02. The van der Waals surface area contributed by atoms with Crippen LogP contribution < -0.4 is 10.5 Å². The quantitative estimate of drug-likeness (QED) is 0.636. The van der Waals surface area contributed by atoms with E-state index in [9.17, 15) is 13.2 Å². The van der Waals surface area contributed by atoms with Gasteiger partial charge in [0.1, 0.15) is 5.58 Å². The lowest BCUT2D eigenvalue weighted by Crippen LogP contribution is -2.27. The van der Waals surface area contributed by atoms with Crippen molar-refractivity contribution in [3.05, 3.63) is 65.4 Å². The molecule has 0 aliphatic heterocycles. The van der Waals surface area contributed by atoms with Crippen molar-refractivity contribution in [2.24, 2.45) is 5.14 Å². The van der Waals surface area contributed by atoms with Crippen LogP contribution in [0.25, 0.3) is 11.0 Å². The highest BCUT2D eigenvalue weighted by Crippen LogP contribution is 2.26. The summed E-state index contributed by atoms with van der Waals surface area (Å²) in [4.78, 5) is 12.4. The fourth-order valence-corrected chi connectivity index (χ4v) is 3.54. The Bertz CT molecular complexity index is 1080. The van der Waals surface area contributed by atoms with Gasteiger partial charge in [-0.25, -0.2) is 13.6 Å². The molecule has 0 unspecified atom stereocenters. The van der Waals surface area contributed by atoms with E-state index in [0.29, 0.717) is 18.9 Å². The normalized spacial score (nSPS) is 11.9. The lowest BCUT2D eigenvalue weighted by molar-refractivity contribution is -0.120. The van der Waals surface area contributed by atoms with Crippen molar-refractivity contribution in [1.29, 1.82) is 0 Å². The summed E-state index contributed by atoms with van der Waals surface area (Å²) >= 11 is 0. The average Bonchev–Trinajstić information content (AvgIpc) is 3.03. The molecule has 0 aliphatic carbocycles. The second-order valence-corrected chi connectivity index (χ2v) is 8.70. The number of amides is 1. The predicted octanol–water partition coefficient (Wildman–Crippen LogP) is 3.11. The van der Waals surface area contributed by atoms with Gasteiger partial charge in [-0.05, 0) is 47.7 Å². The number of nitrogens with two attached hydrogens (primary N) is 1. The molecule has 0 fully saturated rings. The topological polar surface area (TPSA) is 102 Å². The first kappa shape index (κ1) is 20.1. The lowest BCUT2D eigenvalue weighted by Gasteiger charge is -2.07. The molecule has 1 aromatic heterocycles. The minimum Gasteiger partial charge on any atom is -0.464 e. The van der Waals surface area contributed by atoms with E-state index in [4.69, 9.17) is 9.56 Å². The minimum atomic E-state index is -3.69. The number of sulfonamides is 1. The predicted molar refractivity (Wildman–Crippen MR) is 109 cm³/mol. The zero-order valence-corrected chi connectivity index (χ0v) is 16.8. The molecule has 7 heteroatoms. The lowest BCUT2D eigenvalue weighted by atomic mass is 10.00. The third-order valence-corrected chi connectivity index (χ3v) is 5.61. The molecular formula is C21H24N2O4S. The fraction of sp³-hybridized carbons (Fsp3) is 0.286. The maximum Gasteiger partial charge on any atom is 0.238 e. The maximum absolute atomic E-state index is 12.3. The van der Waals surface area contributed by atoms with Crippen LogP contribution >= 0.6 is 0 Å². The van der Waals surface area contributed by atoms with Crippen LogP contribution in [0.1, 0.15) is 36.5 Å². The summed E-state index contributed by atoms with van der Waals surface area (Å²) in [6, 6.07) is 12.4. The van der Waals surface area contributed by atoms with Crippen LogP contribution in [0.5, 0.6) is 0 Å². The molecule has 148 valence electrons. The van der Waals surface area contributed by atoms with Crippen molar-refractivity contribution < 1.29 is 17.6 Å². The smallest absolute Gasteiger partial charge is 0.238 e. The number of nitrogens with one attached hydrogen (secondary N) is 1. The van der Waals surface area contributed by atoms with E-state index in [0.717, 1.165) is 22.1 Å². The number of hydrogen-bond acceptors (Lipinski definition) is 4. The minimum absolute atomic E-state index is 0.0767. The number of rotatable bonds is 7. The monoisotopic (exact) mass is 400 g/mol. The van der Waals surface area contributed by atoms with Gasteiger partial charge in [0.2, 0.25) is 15.9 Å². The van der Waals surface area contributed by atoms with Gasteiger partial charge in [0.05, 0.1) is 17.6 Å². The molecule has 0 atom stereocenters. The van der Waals surface area contributed by atoms with Gasteiger partial charge in [-0.15, -0.1) is 0 Å². The molecule has 3 N–H and O–H groups in total. The van der Waals surface area contributed by atoms with Crippen molar-refractivity contribution in [3.8, 4) is 0 Å². The summed E-state index contributed by atoms with van der Waals surface area (Å²) in [5, 5.41) is 8.95. The van der Waals surface area contributed by atoms with E-state index in [1.54, 1.807) is 18.4 Å². The van der Waals surface area contributed by atoms with E-state index in [-0.39, 0.29) is 17.2 Å². The SMILES string of the molecule is CC(C)c1ccc2occ(CC(=O)NCCc3ccc(S(N)(=O)=O)cc3)c2c1. The van der Waals surface area contributed by atoms with Gasteiger partial charge in [-0.2, -0.15) is 0 Å². The Hall–Kier alpha value is -2.64. The van der Waals surface area contributed by atoms with Crippen molar-refractivity contribution in [2.45, 2.75) is 37.5 Å². The van der Waals surface area contributed by atoms with Crippen molar-refractivity contribution in [3.63, 3.8) is 0 Å². The summed E-state index contributed by atoms with van der Waals surface area (Å²) in [6.07, 6.45) is 2.49. The molecule has 0 saturated heterocycles. The van der Waals surface area contributed by atoms with Gasteiger partial charge < -0.3 is 9.73 Å². The molecule has 6 nitrogen and oxygen atoms in total. The Kier molecular flexibility index (Phi) is 5.86. The highest BCUT2D eigenvalue weighted by atomic mass is 32.2. The van der Waals surface area contributed by atoms with Crippen LogP contribution in [0.3, 0.4) is 0 Å². The van der Waals surface area contributed by atoms with Crippen molar-refractivity contribution in [1.82, 2.24) is 5.32 Å². The second kappa shape index (κ2) is 8.16. The number of primary sulfonamides is 1. The van der Waals surface area contributed by atoms with E-state index in [1.165, 1.54) is 17.7 Å². The number of carbonyl (C=O) groups is 1. The first-order chi connectivity index (χ1) is 13.2. The number of hydrogen-bond donors (Lipinski definition) is 2. The van der Waals surface area contributed by atoms with Gasteiger partial charge in [-0.3, -0.25) is 4.79 Å². The average molecular weight is 401 g/mol. The molecule has 3 aromatic rings. The number of fused-ring (bicyclic) bond motifs is 1. The molecule has 2 aromatic carbocycles. The number of furan rings is 1. The van der Waals surface area contributed by atoms with Gasteiger partial charge >= 0.3 is 0 Å². The van der Waals surface area contributed by atoms with Crippen molar-refractivity contribution >= 4 is 26.9 Å². The summed E-state index contributed by atoms with van der Waals surface area (Å²) in [7, 11) is -3.69. The number of benzene rings is 2. The molecule has 0 radical (unpaired) electrons. The highest BCUT2D eigenvalue weighted by molar-refractivity contribution is 7.89. The van der Waals surface area contributed by atoms with Crippen LogP contribution in [0, 0.1) is 0 Å². The Morgan fingerprint density at radius 2 is 1.86 bits per heavy atom.